The molecular formula is C18H18N2O5. The number of hydrogen-bond acceptors (Lipinski definition) is 4. The highest BCUT2D eigenvalue weighted by atomic mass is 16.5. The van der Waals surface area contributed by atoms with Gasteiger partial charge in [-0.05, 0) is 36.2 Å². The van der Waals surface area contributed by atoms with Crippen LogP contribution in [0.15, 0.2) is 48.5 Å². The second-order valence-corrected chi connectivity index (χ2v) is 5.14. The zero-order valence-electron chi connectivity index (χ0n) is 13.6. The highest BCUT2D eigenvalue weighted by Gasteiger charge is 2.16. The molecule has 2 aromatic rings. The molecule has 7 nitrogen and oxygen atoms in total. The summed E-state index contributed by atoms with van der Waals surface area (Å²) in [6.07, 6.45) is 0.907. The van der Waals surface area contributed by atoms with Crippen molar-refractivity contribution < 1.29 is 24.2 Å². The maximum absolute atomic E-state index is 12.0. The van der Waals surface area contributed by atoms with Crippen LogP contribution in [0, 0.1) is 0 Å². The normalized spacial score (nSPS) is 9.96. The minimum Gasteiger partial charge on any atom is -0.484 e. The van der Waals surface area contributed by atoms with Crippen LogP contribution < -0.4 is 15.6 Å². The fourth-order valence-corrected chi connectivity index (χ4v) is 2.07. The Morgan fingerprint density at radius 2 is 1.60 bits per heavy atom. The molecule has 2 amide bonds. The molecule has 2 aromatic carbocycles. The first kappa shape index (κ1) is 18.0. The van der Waals surface area contributed by atoms with Crippen molar-refractivity contribution in [1.29, 1.82) is 0 Å². The van der Waals surface area contributed by atoms with Crippen LogP contribution in [-0.4, -0.2) is 29.5 Å². The van der Waals surface area contributed by atoms with Gasteiger partial charge in [0.1, 0.15) is 5.75 Å². The van der Waals surface area contributed by atoms with Crippen LogP contribution in [0.3, 0.4) is 0 Å². The average Bonchev–Trinajstić information content (AvgIpc) is 2.64. The van der Waals surface area contributed by atoms with Crippen LogP contribution in [-0.2, 0) is 11.2 Å². The molecule has 0 heterocycles. The molecule has 130 valence electrons. The molecule has 0 aliphatic heterocycles. The van der Waals surface area contributed by atoms with Gasteiger partial charge in [-0.25, -0.2) is 4.79 Å². The number of benzene rings is 2. The number of carbonyl (C=O) groups is 3. The van der Waals surface area contributed by atoms with Crippen LogP contribution in [0.4, 0.5) is 0 Å². The molecule has 0 unspecified atom stereocenters. The monoisotopic (exact) mass is 342 g/mol. The lowest BCUT2D eigenvalue weighted by Crippen LogP contribution is -2.44. The van der Waals surface area contributed by atoms with Gasteiger partial charge in [-0.1, -0.05) is 31.2 Å². The van der Waals surface area contributed by atoms with Gasteiger partial charge >= 0.3 is 5.97 Å². The van der Waals surface area contributed by atoms with Crippen LogP contribution >= 0.6 is 0 Å². The van der Waals surface area contributed by atoms with Crippen molar-refractivity contribution in [2.75, 3.05) is 6.61 Å². The van der Waals surface area contributed by atoms with Gasteiger partial charge in [-0.3, -0.25) is 20.4 Å². The maximum atomic E-state index is 12.0. The SMILES string of the molecule is CCc1ccc(OCC(=O)NNC(=O)c2ccccc2C(=O)O)cc1. The lowest BCUT2D eigenvalue weighted by Gasteiger charge is -2.10. The Morgan fingerprint density at radius 3 is 2.20 bits per heavy atom. The summed E-state index contributed by atoms with van der Waals surface area (Å²) in [5, 5.41) is 9.05. The van der Waals surface area contributed by atoms with E-state index in [-0.39, 0.29) is 17.7 Å². The number of ether oxygens (including phenoxy) is 1. The average molecular weight is 342 g/mol. The summed E-state index contributed by atoms with van der Waals surface area (Å²) in [5.41, 5.74) is 5.30. The van der Waals surface area contributed by atoms with Crippen molar-refractivity contribution in [2.45, 2.75) is 13.3 Å². The molecule has 0 spiro atoms. The highest BCUT2D eigenvalue weighted by Crippen LogP contribution is 2.12. The number of hydrazine groups is 1. The Morgan fingerprint density at radius 1 is 0.960 bits per heavy atom. The molecule has 0 aliphatic rings. The standard InChI is InChI=1S/C18H18N2O5/c1-2-12-7-9-13(10-8-12)25-11-16(21)19-20-17(22)14-5-3-4-6-15(14)18(23)24/h3-10H,2,11H2,1H3,(H,19,21)(H,20,22)(H,23,24). The summed E-state index contributed by atoms with van der Waals surface area (Å²) >= 11 is 0. The predicted molar refractivity (Wildman–Crippen MR) is 90.3 cm³/mol. The molecule has 7 heteroatoms. The second kappa shape index (κ2) is 8.49. The van der Waals surface area contributed by atoms with E-state index in [9.17, 15) is 14.4 Å². The molecule has 0 radical (unpaired) electrons. The van der Waals surface area contributed by atoms with Crippen molar-refractivity contribution in [3.63, 3.8) is 0 Å². The Hall–Kier alpha value is -3.35. The van der Waals surface area contributed by atoms with Crippen LogP contribution in [0.2, 0.25) is 0 Å². The van der Waals surface area contributed by atoms with Gasteiger partial charge in [0.2, 0.25) is 0 Å². The number of carboxylic acid groups (broad SMARTS) is 1. The first-order chi connectivity index (χ1) is 12.0. The summed E-state index contributed by atoms with van der Waals surface area (Å²) in [4.78, 5) is 34.8. The van der Waals surface area contributed by atoms with Gasteiger partial charge in [-0.2, -0.15) is 0 Å². The van der Waals surface area contributed by atoms with Gasteiger partial charge in [0.25, 0.3) is 11.8 Å². The van der Waals surface area contributed by atoms with E-state index in [1.165, 1.54) is 24.3 Å². The van der Waals surface area contributed by atoms with Crippen molar-refractivity contribution in [3.8, 4) is 5.75 Å². The minimum atomic E-state index is -1.23. The van der Waals surface area contributed by atoms with Crippen LogP contribution in [0.25, 0.3) is 0 Å². The van der Waals surface area contributed by atoms with Gasteiger partial charge < -0.3 is 9.84 Å². The number of rotatable bonds is 6. The summed E-state index contributed by atoms with van der Waals surface area (Å²) < 4.78 is 5.31. The third kappa shape index (κ3) is 5.07. The van der Waals surface area contributed by atoms with Crippen molar-refractivity contribution in [3.05, 3.63) is 65.2 Å². The van der Waals surface area contributed by atoms with E-state index >= 15 is 0 Å². The summed E-state index contributed by atoms with van der Waals surface area (Å²) in [5.74, 6) is -1.98. The number of carbonyl (C=O) groups excluding carboxylic acids is 2. The lowest BCUT2D eigenvalue weighted by atomic mass is 10.1. The third-order valence-corrected chi connectivity index (χ3v) is 3.42. The first-order valence-electron chi connectivity index (χ1n) is 7.64. The number of hydrogen-bond donors (Lipinski definition) is 3. The summed E-state index contributed by atoms with van der Waals surface area (Å²) in [6, 6.07) is 13.0. The highest BCUT2D eigenvalue weighted by molar-refractivity contribution is 6.05. The van der Waals surface area contributed by atoms with E-state index < -0.39 is 17.8 Å². The zero-order valence-corrected chi connectivity index (χ0v) is 13.6. The topological polar surface area (TPSA) is 105 Å². The molecule has 0 saturated heterocycles. The first-order valence-corrected chi connectivity index (χ1v) is 7.64. The molecule has 0 aromatic heterocycles. The van der Waals surface area contributed by atoms with Crippen LogP contribution in [0.1, 0.15) is 33.2 Å². The summed E-state index contributed by atoms with van der Waals surface area (Å²) in [6.45, 7) is 1.75. The molecule has 3 N–H and O–H groups in total. The van der Waals surface area contributed by atoms with E-state index in [0.717, 1.165) is 12.0 Å². The third-order valence-electron chi connectivity index (χ3n) is 3.42. The van der Waals surface area contributed by atoms with Gasteiger partial charge in [-0.15, -0.1) is 0 Å². The molecule has 0 fully saturated rings. The zero-order chi connectivity index (χ0) is 18.2. The van der Waals surface area contributed by atoms with E-state index in [1.807, 2.05) is 19.1 Å². The van der Waals surface area contributed by atoms with Crippen molar-refractivity contribution >= 4 is 17.8 Å². The predicted octanol–water partition coefficient (Wildman–Crippen LogP) is 1.79. The molecule has 25 heavy (non-hydrogen) atoms. The maximum Gasteiger partial charge on any atom is 0.336 e. The van der Waals surface area contributed by atoms with Crippen LogP contribution in [0.5, 0.6) is 5.75 Å². The van der Waals surface area contributed by atoms with Gasteiger partial charge in [0, 0.05) is 0 Å². The Bertz CT molecular complexity index is 771. The quantitative estimate of drug-likeness (QED) is 0.694. The van der Waals surface area contributed by atoms with Crippen molar-refractivity contribution in [2.24, 2.45) is 0 Å². The minimum absolute atomic E-state index is 0.0497. The van der Waals surface area contributed by atoms with E-state index in [2.05, 4.69) is 10.9 Å². The number of amides is 2. The summed E-state index contributed by atoms with van der Waals surface area (Å²) in [7, 11) is 0. The molecular weight excluding hydrogens is 324 g/mol. The molecule has 0 saturated carbocycles. The van der Waals surface area contributed by atoms with E-state index in [4.69, 9.17) is 9.84 Å². The Balaban J connectivity index is 1.85. The number of carboxylic acids is 1. The van der Waals surface area contributed by atoms with Gasteiger partial charge in [0.05, 0.1) is 11.1 Å². The van der Waals surface area contributed by atoms with Crippen molar-refractivity contribution in [1.82, 2.24) is 10.9 Å². The smallest absolute Gasteiger partial charge is 0.336 e. The van der Waals surface area contributed by atoms with E-state index in [0.29, 0.717) is 5.75 Å². The number of aromatic carboxylic acids is 1. The van der Waals surface area contributed by atoms with E-state index in [1.54, 1.807) is 12.1 Å². The second-order valence-electron chi connectivity index (χ2n) is 5.14. The number of nitrogens with one attached hydrogen (secondary N) is 2. The molecule has 2 rings (SSSR count). The fraction of sp³-hybridized carbons (Fsp3) is 0.167. The van der Waals surface area contributed by atoms with Gasteiger partial charge in [0.15, 0.2) is 6.61 Å². The fourth-order valence-electron chi connectivity index (χ4n) is 2.07. The molecule has 0 atom stereocenters. The molecule has 0 aliphatic carbocycles. The largest absolute Gasteiger partial charge is 0.484 e. The lowest BCUT2D eigenvalue weighted by molar-refractivity contribution is -0.123. The Labute approximate surface area is 144 Å². The molecule has 0 bridgehead atoms. The number of aryl methyl sites for hydroxylation is 1. The Kier molecular flexibility index (Phi) is 6.11.